The van der Waals surface area contributed by atoms with Crippen LogP contribution in [0.4, 0.5) is 0 Å². The van der Waals surface area contributed by atoms with E-state index in [0.717, 1.165) is 0 Å². The number of rotatable bonds is 3. The summed E-state index contributed by atoms with van der Waals surface area (Å²) in [5.41, 5.74) is 4.89. The number of carbonyl (C=O) groups excluding carboxylic acids is 2. The van der Waals surface area contributed by atoms with E-state index in [9.17, 15) is 14.4 Å². The molecule has 126 valence electrons. The van der Waals surface area contributed by atoms with Crippen molar-refractivity contribution in [3.05, 3.63) is 40.2 Å². The smallest absolute Gasteiger partial charge is 0.349 e. The number of nitrogens with zero attached hydrogens (tertiary/aromatic N) is 1. The monoisotopic (exact) mass is 330 g/mol. The molecule has 1 aromatic heterocycles. The topological polar surface area (TPSA) is 103 Å². The van der Waals surface area contributed by atoms with E-state index in [1.165, 1.54) is 13.2 Å². The van der Waals surface area contributed by atoms with Crippen LogP contribution in [0.5, 0.6) is 5.75 Å². The number of fused-ring (bicyclic) bond motifs is 1. The van der Waals surface area contributed by atoms with Crippen molar-refractivity contribution in [2.24, 2.45) is 11.7 Å². The van der Waals surface area contributed by atoms with Crippen LogP contribution in [0, 0.1) is 5.92 Å². The van der Waals surface area contributed by atoms with Crippen molar-refractivity contribution < 1.29 is 18.7 Å². The van der Waals surface area contributed by atoms with Crippen LogP contribution in [0.1, 0.15) is 23.2 Å². The Labute approximate surface area is 138 Å². The molecule has 1 aliphatic heterocycles. The molecule has 1 aromatic carbocycles. The molecule has 2 heterocycles. The predicted molar refractivity (Wildman–Crippen MR) is 86.9 cm³/mol. The van der Waals surface area contributed by atoms with Crippen molar-refractivity contribution in [2.75, 3.05) is 20.2 Å². The van der Waals surface area contributed by atoms with E-state index in [0.29, 0.717) is 42.6 Å². The van der Waals surface area contributed by atoms with E-state index in [1.807, 2.05) is 0 Å². The number of ether oxygens (including phenoxy) is 1. The lowest BCUT2D eigenvalue weighted by Gasteiger charge is -2.30. The van der Waals surface area contributed by atoms with Gasteiger partial charge in [-0.3, -0.25) is 9.59 Å². The van der Waals surface area contributed by atoms with Crippen LogP contribution >= 0.6 is 0 Å². The highest BCUT2D eigenvalue weighted by Crippen LogP contribution is 2.25. The lowest BCUT2D eigenvalue weighted by molar-refractivity contribution is -0.123. The number of likely N-dealkylation sites (tertiary alicyclic amines) is 1. The molecule has 24 heavy (non-hydrogen) atoms. The Morgan fingerprint density at radius 1 is 1.29 bits per heavy atom. The Morgan fingerprint density at radius 2 is 2.00 bits per heavy atom. The van der Waals surface area contributed by atoms with Crippen LogP contribution in [0.25, 0.3) is 11.0 Å². The summed E-state index contributed by atoms with van der Waals surface area (Å²) in [5, 5.41) is 0.615. The zero-order valence-corrected chi connectivity index (χ0v) is 13.3. The number of benzene rings is 1. The molecule has 0 aliphatic carbocycles. The van der Waals surface area contributed by atoms with Gasteiger partial charge in [0.25, 0.3) is 5.91 Å². The molecule has 0 radical (unpaired) electrons. The number of methoxy groups -OCH3 is 1. The van der Waals surface area contributed by atoms with Crippen LogP contribution < -0.4 is 16.1 Å². The summed E-state index contributed by atoms with van der Waals surface area (Å²) in [4.78, 5) is 37.6. The standard InChI is InChI=1S/C17H18N2O5/c1-23-13-4-2-3-11-9-12(17(22)24-14(11)13)16(21)19-7-5-10(6-8-19)15(18)20/h2-4,9-10H,5-8H2,1H3,(H2,18,20). The van der Waals surface area contributed by atoms with Crippen LogP contribution in [0.3, 0.4) is 0 Å². The Hall–Kier alpha value is -2.83. The molecule has 2 amide bonds. The summed E-state index contributed by atoms with van der Waals surface area (Å²) >= 11 is 0. The van der Waals surface area contributed by atoms with Crippen molar-refractivity contribution in [3.8, 4) is 5.75 Å². The van der Waals surface area contributed by atoms with Gasteiger partial charge in [0.1, 0.15) is 5.56 Å². The summed E-state index contributed by atoms with van der Waals surface area (Å²) in [5.74, 6) is -0.520. The Morgan fingerprint density at radius 3 is 2.62 bits per heavy atom. The van der Waals surface area contributed by atoms with Gasteiger partial charge in [-0.25, -0.2) is 4.79 Å². The molecule has 1 aliphatic rings. The zero-order chi connectivity index (χ0) is 17.3. The molecule has 0 spiro atoms. The predicted octanol–water partition coefficient (Wildman–Crippen LogP) is 1.14. The maximum absolute atomic E-state index is 12.6. The van der Waals surface area contributed by atoms with E-state index in [1.54, 1.807) is 23.1 Å². The average Bonchev–Trinajstić information content (AvgIpc) is 2.60. The minimum Gasteiger partial charge on any atom is -0.493 e. The first kappa shape index (κ1) is 16.0. The Balaban J connectivity index is 1.89. The van der Waals surface area contributed by atoms with Gasteiger partial charge >= 0.3 is 5.63 Å². The largest absolute Gasteiger partial charge is 0.493 e. The van der Waals surface area contributed by atoms with Crippen molar-refractivity contribution in [1.82, 2.24) is 4.90 Å². The normalized spacial score (nSPS) is 15.5. The lowest BCUT2D eigenvalue weighted by atomic mass is 9.96. The minimum absolute atomic E-state index is 0.0201. The quantitative estimate of drug-likeness (QED) is 0.850. The number of hydrogen-bond donors (Lipinski definition) is 1. The van der Waals surface area contributed by atoms with Crippen LogP contribution in [-0.2, 0) is 4.79 Å². The maximum Gasteiger partial charge on any atom is 0.349 e. The molecule has 1 fully saturated rings. The van der Waals surface area contributed by atoms with Crippen LogP contribution in [0.2, 0.25) is 0 Å². The highest BCUT2D eigenvalue weighted by molar-refractivity contribution is 5.97. The van der Waals surface area contributed by atoms with Gasteiger partial charge in [0.2, 0.25) is 5.91 Å². The summed E-state index contributed by atoms with van der Waals surface area (Å²) in [6.07, 6.45) is 1.02. The molecule has 7 nitrogen and oxygen atoms in total. The lowest BCUT2D eigenvalue weighted by Crippen LogP contribution is -2.42. The molecule has 0 atom stereocenters. The number of hydrogen-bond acceptors (Lipinski definition) is 5. The van der Waals surface area contributed by atoms with Crippen LogP contribution in [0.15, 0.2) is 33.5 Å². The first-order valence-electron chi connectivity index (χ1n) is 7.70. The number of carbonyl (C=O) groups is 2. The fraction of sp³-hybridized carbons (Fsp3) is 0.353. The third-order valence-electron chi connectivity index (χ3n) is 4.36. The summed E-state index contributed by atoms with van der Waals surface area (Å²) in [7, 11) is 1.48. The van der Waals surface area contributed by atoms with Crippen molar-refractivity contribution in [3.63, 3.8) is 0 Å². The van der Waals surface area contributed by atoms with E-state index in [4.69, 9.17) is 14.9 Å². The third-order valence-corrected chi connectivity index (χ3v) is 4.36. The van der Waals surface area contributed by atoms with Crippen LogP contribution in [-0.4, -0.2) is 36.9 Å². The highest BCUT2D eigenvalue weighted by Gasteiger charge is 2.28. The fourth-order valence-corrected chi connectivity index (χ4v) is 2.97. The summed E-state index contributed by atoms with van der Waals surface area (Å²) in [6.45, 7) is 0.782. The number of amides is 2. The minimum atomic E-state index is -0.700. The number of nitrogens with two attached hydrogens (primary N) is 1. The van der Waals surface area contributed by atoms with E-state index < -0.39 is 11.5 Å². The molecule has 2 N–H and O–H groups in total. The first-order chi connectivity index (χ1) is 11.5. The fourth-order valence-electron chi connectivity index (χ4n) is 2.97. The van der Waals surface area contributed by atoms with Gasteiger partial charge in [0, 0.05) is 24.4 Å². The second kappa shape index (κ2) is 6.35. The van der Waals surface area contributed by atoms with Gasteiger partial charge in [-0.15, -0.1) is 0 Å². The molecule has 0 unspecified atom stereocenters. The second-order valence-corrected chi connectivity index (χ2v) is 5.79. The summed E-state index contributed by atoms with van der Waals surface area (Å²) < 4.78 is 10.4. The first-order valence-corrected chi connectivity index (χ1v) is 7.70. The van der Waals surface area contributed by atoms with Gasteiger partial charge in [-0.2, -0.15) is 0 Å². The molecular weight excluding hydrogens is 312 g/mol. The van der Waals surface area contributed by atoms with Crippen molar-refractivity contribution >= 4 is 22.8 Å². The van der Waals surface area contributed by atoms with Gasteiger partial charge in [-0.1, -0.05) is 12.1 Å². The third kappa shape index (κ3) is 2.84. The zero-order valence-electron chi connectivity index (χ0n) is 13.3. The van der Waals surface area contributed by atoms with E-state index in [-0.39, 0.29) is 17.4 Å². The SMILES string of the molecule is COc1cccc2cc(C(=O)N3CCC(C(N)=O)CC3)c(=O)oc12. The maximum atomic E-state index is 12.6. The number of para-hydroxylation sites is 1. The van der Waals surface area contributed by atoms with Gasteiger partial charge in [-0.05, 0) is 25.0 Å². The molecule has 3 rings (SSSR count). The number of primary amides is 1. The highest BCUT2D eigenvalue weighted by atomic mass is 16.5. The van der Waals surface area contributed by atoms with E-state index in [2.05, 4.69) is 0 Å². The van der Waals surface area contributed by atoms with Gasteiger partial charge < -0.3 is 19.8 Å². The molecule has 1 saturated heterocycles. The van der Waals surface area contributed by atoms with Gasteiger partial charge in [0.05, 0.1) is 7.11 Å². The second-order valence-electron chi connectivity index (χ2n) is 5.79. The summed E-state index contributed by atoms with van der Waals surface area (Å²) in [6, 6.07) is 6.71. The molecule has 0 bridgehead atoms. The Kier molecular flexibility index (Phi) is 4.24. The van der Waals surface area contributed by atoms with Crippen molar-refractivity contribution in [1.29, 1.82) is 0 Å². The van der Waals surface area contributed by atoms with Crippen molar-refractivity contribution in [2.45, 2.75) is 12.8 Å². The Bertz CT molecular complexity index is 850. The van der Waals surface area contributed by atoms with Gasteiger partial charge in [0.15, 0.2) is 11.3 Å². The molecule has 0 saturated carbocycles. The molecule has 7 heteroatoms. The average molecular weight is 330 g/mol. The molecule has 2 aromatic rings. The number of piperidine rings is 1. The molecular formula is C17H18N2O5. The van der Waals surface area contributed by atoms with E-state index >= 15 is 0 Å².